The van der Waals surface area contributed by atoms with Gasteiger partial charge in [0.2, 0.25) is 0 Å². The summed E-state index contributed by atoms with van der Waals surface area (Å²) in [6.07, 6.45) is 3.66. The number of carbonyl (C=O) groups is 1. The number of carbonyl (C=O) groups excluding carboxylic acids is 1. The van der Waals surface area contributed by atoms with Crippen LogP contribution in [-0.4, -0.2) is 25.0 Å². The van der Waals surface area contributed by atoms with Crippen LogP contribution in [0.3, 0.4) is 0 Å². The molecule has 0 aliphatic carbocycles. The summed E-state index contributed by atoms with van der Waals surface area (Å²) in [4.78, 5) is 18.2. The summed E-state index contributed by atoms with van der Waals surface area (Å²) in [7, 11) is 3.33. The Morgan fingerprint density at radius 1 is 0.812 bits per heavy atom. The van der Waals surface area contributed by atoms with Crippen molar-refractivity contribution in [1.82, 2.24) is 4.98 Å². The molecule has 1 heterocycles. The second kappa shape index (κ2) is 14.9. The number of aromatic nitrogens is 1. The number of nitrogens with zero attached hydrogens (tertiary/aromatic N) is 1. The lowest BCUT2D eigenvalue weighted by molar-refractivity contribution is -0.120. The summed E-state index contributed by atoms with van der Waals surface area (Å²) >= 11 is 0. The molecule has 0 N–H and O–H groups in total. The number of hydrogen-bond donors (Lipinski definition) is 0. The maximum Gasteiger partial charge on any atom is 0.163 e. The summed E-state index contributed by atoms with van der Waals surface area (Å²) < 4.78 is 17.8. The molecule has 48 heavy (non-hydrogen) atoms. The fourth-order valence-electron chi connectivity index (χ4n) is 6.21. The lowest BCUT2D eigenvalue weighted by atomic mass is 9.85. The highest BCUT2D eigenvalue weighted by molar-refractivity contribution is 5.96. The fraction of sp³-hybridized carbons (Fsp3) is 0.302. The average Bonchev–Trinajstić information content (AvgIpc) is 3.10. The molecule has 0 amide bonds. The largest absolute Gasteiger partial charge is 0.493 e. The highest BCUT2D eigenvalue weighted by Crippen LogP contribution is 2.39. The van der Waals surface area contributed by atoms with Gasteiger partial charge in [-0.25, -0.2) is 0 Å². The molecule has 0 fully saturated rings. The molecule has 0 aliphatic heterocycles. The Bertz CT molecular complexity index is 1900. The first-order valence-corrected chi connectivity index (χ1v) is 16.7. The van der Waals surface area contributed by atoms with Gasteiger partial charge < -0.3 is 14.2 Å². The minimum absolute atomic E-state index is 0.0369. The Labute approximate surface area is 285 Å². The number of rotatable bonds is 13. The molecular weight excluding hydrogens is 594 g/mol. The van der Waals surface area contributed by atoms with Gasteiger partial charge >= 0.3 is 0 Å². The average molecular weight is 642 g/mol. The van der Waals surface area contributed by atoms with Crippen molar-refractivity contribution < 1.29 is 19.0 Å². The Balaban J connectivity index is 1.32. The van der Waals surface area contributed by atoms with Gasteiger partial charge in [-0.2, -0.15) is 0 Å². The first kappa shape index (κ1) is 34.4. The van der Waals surface area contributed by atoms with Gasteiger partial charge in [-0.15, -0.1) is 0 Å². The third kappa shape index (κ3) is 7.62. The highest BCUT2D eigenvalue weighted by Gasteiger charge is 2.22. The van der Waals surface area contributed by atoms with Crippen LogP contribution in [0.15, 0.2) is 104 Å². The van der Waals surface area contributed by atoms with E-state index < -0.39 is 0 Å². The SMILES string of the molecule is C=C(c1cc(Oc2ccc(C(C)C(=O)CCCc3cc(C(C)(C)C)cc(OC)c3OC)c3ccccc23)ccn1)C(C)c1ccccc1. The lowest BCUT2D eigenvalue weighted by Crippen LogP contribution is -2.13. The number of methoxy groups -OCH3 is 2. The summed E-state index contributed by atoms with van der Waals surface area (Å²) in [5.74, 6) is 2.94. The molecule has 0 saturated carbocycles. The molecule has 5 heteroatoms. The Morgan fingerprint density at radius 2 is 1.52 bits per heavy atom. The van der Waals surface area contributed by atoms with Crippen molar-refractivity contribution in [2.75, 3.05) is 14.2 Å². The van der Waals surface area contributed by atoms with Crippen LogP contribution in [0.5, 0.6) is 23.0 Å². The van der Waals surface area contributed by atoms with E-state index in [1.54, 1.807) is 20.4 Å². The first-order chi connectivity index (χ1) is 23.0. The minimum Gasteiger partial charge on any atom is -0.493 e. The highest BCUT2D eigenvalue weighted by atomic mass is 16.5. The quantitative estimate of drug-likeness (QED) is 0.128. The third-order valence-electron chi connectivity index (χ3n) is 9.27. The molecule has 4 aromatic carbocycles. The van der Waals surface area contributed by atoms with Gasteiger partial charge in [0, 0.05) is 35.9 Å². The number of hydrogen-bond acceptors (Lipinski definition) is 5. The van der Waals surface area contributed by atoms with E-state index in [0.717, 1.165) is 56.8 Å². The maximum atomic E-state index is 13.6. The topological polar surface area (TPSA) is 57.7 Å². The van der Waals surface area contributed by atoms with E-state index in [4.69, 9.17) is 14.2 Å². The predicted octanol–water partition coefficient (Wildman–Crippen LogP) is 10.9. The molecule has 0 radical (unpaired) electrons. The van der Waals surface area contributed by atoms with E-state index in [1.165, 1.54) is 11.1 Å². The predicted molar refractivity (Wildman–Crippen MR) is 197 cm³/mol. The number of ketones is 1. The van der Waals surface area contributed by atoms with Crippen LogP contribution >= 0.6 is 0 Å². The zero-order chi connectivity index (χ0) is 34.4. The van der Waals surface area contributed by atoms with Gasteiger partial charge in [0.25, 0.3) is 0 Å². The fourth-order valence-corrected chi connectivity index (χ4v) is 6.21. The number of pyridine rings is 1. The monoisotopic (exact) mass is 641 g/mol. The summed E-state index contributed by atoms with van der Waals surface area (Å²) in [6.45, 7) is 15.0. The number of ether oxygens (including phenoxy) is 3. The van der Waals surface area contributed by atoms with Crippen molar-refractivity contribution in [1.29, 1.82) is 0 Å². The third-order valence-corrected chi connectivity index (χ3v) is 9.27. The second-order valence-electron chi connectivity index (χ2n) is 13.5. The normalized spacial score (nSPS) is 12.7. The number of fused-ring (bicyclic) bond motifs is 1. The van der Waals surface area contributed by atoms with Crippen molar-refractivity contribution in [2.45, 2.75) is 71.1 Å². The van der Waals surface area contributed by atoms with E-state index in [2.05, 4.69) is 63.5 Å². The summed E-state index contributed by atoms with van der Waals surface area (Å²) in [5.41, 5.74) is 6.12. The molecule has 0 aliphatic rings. The Kier molecular flexibility index (Phi) is 10.7. The molecule has 2 unspecified atom stereocenters. The van der Waals surface area contributed by atoms with Crippen molar-refractivity contribution in [3.8, 4) is 23.0 Å². The van der Waals surface area contributed by atoms with Gasteiger partial charge in [0.15, 0.2) is 11.5 Å². The summed E-state index contributed by atoms with van der Waals surface area (Å²) in [5, 5.41) is 1.97. The molecule has 0 spiro atoms. The van der Waals surface area contributed by atoms with Crippen LogP contribution in [0, 0.1) is 0 Å². The van der Waals surface area contributed by atoms with Gasteiger partial charge in [-0.05, 0) is 69.7 Å². The molecule has 1 aromatic heterocycles. The molecule has 0 saturated heterocycles. The smallest absolute Gasteiger partial charge is 0.163 e. The Morgan fingerprint density at radius 3 is 2.21 bits per heavy atom. The van der Waals surface area contributed by atoms with Crippen LogP contribution in [0.1, 0.15) is 87.2 Å². The van der Waals surface area contributed by atoms with Crippen molar-refractivity contribution in [3.63, 3.8) is 0 Å². The molecule has 5 aromatic rings. The van der Waals surface area contributed by atoms with Gasteiger partial charge in [-0.3, -0.25) is 9.78 Å². The van der Waals surface area contributed by atoms with Crippen LogP contribution in [-0.2, 0) is 16.6 Å². The minimum atomic E-state index is -0.267. The van der Waals surface area contributed by atoms with E-state index in [1.807, 2.05) is 73.7 Å². The van der Waals surface area contributed by atoms with Crippen molar-refractivity contribution >= 4 is 22.1 Å². The van der Waals surface area contributed by atoms with E-state index in [-0.39, 0.29) is 23.0 Å². The van der Waals surface area contributed by atoms with E-state index >= 15 is 0 Å². The number of aryl methyl sites for hydroxylation is 1. The van der Waals surface area contributed by atoms with Gasteiger partial charge in [0.1, 0.15) is 17.3 Å². The molecule has 248 valence electrons. The van der Waals surface area contributed by atoms with Crippen molar-refractivity contribution in [2.24, 2.45) is 0 Å². The van der Waals surface area contributed by atoms with E-state index in [9.17, 15) is 4.79 Å². The lowest BCUT2D eigenvalue weighted by Gasteiger charge is -2.23. The molecule has 0 bridgehead atoms. The summed E-state index contributed by atoms with van der Waals surface area (Å²) in [6, 6.07) is 30.5. The zero-order valence-electron chi connectivity index (χ0n) is 29.3. The van der Waals surface area contributed by atoms with Gasteiger partial charge in [-0.1, -0.05) is 108 Å². The number of benzene rings is 4. The number of Topliss-reactive ketones (excluding diaryl/α,β-unsaturated/α-hetero) is 1. The van der Waals surface area contributed by atoms with Crippen LogP contribution in [0.25, 0.3) is 16.3 Å². The second-order valence-corrected chi connectivity index (χ2v) is 13.5. The zero-order valence-corrected chi connectivity index (χ0v) is 29.3. The first-order valence-electron chi connectivity index (χ1n) is 16.7. The van der Waals surface area contributed by atoms with Crippen LogP contribution in [0.4, 0.5) is 0 Å². The molecule has 2 atom stereocenters. The van der Waals surface area contributed by atoms with E-state index in [0.29, 0.717) is 18.6 Å². The number of allylic oxidation sites excluding steroid dienone is 1. The standard InChI is InChI=1S/C43H47NO4/c1-28(31-15-10-9-11-16-31)29(2)38-27-34(23-24-44-38)48-40-22-21-35(36-18-12-13-19-37(36)40)30(3)39(45)20-14-17-32-25-33(43(4,5)6)26-41(46-7)42(32)47-8/h9-13,15-16,18-19,21-28,30H,2,14,17,20H2,1,3-8H3. The maximum absolute atomic E-state index is 13.6. The van der Waals surface area contributed by atoms with Crippen molar-refractivity contribution in [3.05, 3.63) is 132 Å². The van der Waals surface area contributed by atoms with Crippen LogP contribution in [0.2, 0.25) is 0 Å². The molecule has 5 rings (SSSR count). The molecular formula is C43H47NO4. The molecule has 5 nitrogen and oxygen atoms in total. The van der Waals surface area contributed by atoms with Crippen LogP contribution < -0.4 is 14.2 Å². The Hall–Kier alpha value is -4.90. The van der Waals surface area contributed by atoms with Gasteiger partial charge in [0.05, 0.1) is 19.9 Å².